The Bertz CT molecular complexity index is 634. The van der Waals surface area contributed by atoms with Crippen molar-refractivity contribution >= 4 is 11.6 Å². The van der Waals surface area contributed by atoms with Crippen molar-refractivity contribution in [1.29, 1.82) is 0 Å². The van der Waals surface area contributed by atoms with Gasteiger partial charge < -0.3 is 14.8 Å². The molecule has 2 aromatic rings. The summed E-state index contributed by atoms with van der Waals surface area (Å²) in [6.45, 7) is 0. The maximum absolute atomic E-state index is 14.5. The zero-order valence-electron chi connectivity index (χ0n) is 12.1. The average Bonchev–Trinajstić information content (AvgIpc) is 2.50. The molecular weight excluding hydrogens is 293 g/mol. The molecule has 0 aliphatic heterocycles. The molecule has 0 amide bonds. The first-order valence-corrected chi connectivity index (χ1v) is 6.83. The molecule has 3 nitrogen and oxygen atoms in total. The molecule has 0 heterocycles. The number of methoxy groups -OCH3 is 2. The van der Waals surface area contributed by atoms with Crippen LogP contribution in [0.1, 0.15) is 17.2 Å². The second kappa shape index (κ2) is 6.78. The summed E-state index contributed by atoms with van der Waals surface area (Å²) < 4.78 is 24.9. The van der Waals surface area contributed by atoms with E-state index in [-0.39, 0.29) is 11.8 Å². The van der Waals surface area contributed by atoms with Gasteiger partial charge in [0.15, 0.2) is 11.6 Å². The quantitative estimate of drug-likeness (QED) is 0.911. The van der Waals surface area contributed by atoms with Crippen LogP contribution in [0, 0.1) is 5.82 Å². The second-order valence-electron chi connectivity index (χ2n) is 4.47. The third-order valence-corrected chi connectivity index (χ3v) is 3.55. The summed E-state index contributed by atoms with van der Waals surface area (Å²) in [7, 11) is 4.76. The fourth-order valence-electron chi connectivity index (χ4n) is 2.31. The van der Waals surface area contributed by atoms with E-state index in [4.69, 9.17) is 21.1 Å². The zero-order chi connectivity index (χ0) is 15.4. The summed E-state index contributed by atoms with van der Waals surface area (Å²) in [5.41, 5.74) is 1.29. The van der Waals surface area contributed by atoms with Crippen molar-refractivity contribution in [1.82, 2.24) is 5.32 Å². The lowest BCUT2D eigenvalue weighted by atomic mass is 9.97. The van der Waals surface area contributed by atoms with Crippen molar-refractivity contribution in [2.45, 2.75) is 6.04 Å². The predicted molar refractivity (Wildman–Crippen MR) is 81.9 cm³/mol. The highest BCUT2D eigenvalue weighted by Gasteiger charge is 2.21. The van der Waals surface area contributed by atoms with E-state index in [1.807, 2.05) is 6.07 Å². The Hall–Kier alpha value is -1.78. The van der Waals surface area contributed by atoms with E-state index < -0.39 is 5.82 Å². The molecule has 21 heavy (non-hydrogen) atoms. The van der Waals surface area contributed by atoms with Gasteiger partial charge in [-0.1, -0.05) is 29.8 Å². The van der Waals surface area contributed by atoms with Crippen LogP contribution in [0.4, 0.5) is 4.39 Å². The molecule has 2 rings (SSSR count). The summed E-state index contributed by atoms with van der Waals surface area (Å²) in [4.78, 5) is 0. The predicted octanol–water partition coefficient (Wildman–Crippen LogP) is 3.81. The largest absolute Gasteiger partial charge is 0.496 e. The minimum absolute atomic E-state index is 0.209. The lowest BCUT2D eigenvalue weighted by Crippen LogP contribution is -2.20. The normalized spacial score (nSPS) is 12.0. The lowest BCUT2D eigenvalue weighted by Gasteiger charge is -2.21. The molecule has 5 heteroatoms. The van der Waals surface area contributed by atoms with Gasteiger partial charge >= 0.3 is 0 Å². The molecule has 0 aliphatic carbocycles. The minimum atomic E-state index is -0.392. The number of ether oxygens (including phenoxy) is 2. The molecule has 2 aromatic carbocycles. The van der Waals surface area contributed by atoms with Crippen molar-refractivity contribution < 1.29 is 13.9 Å². The molecule has 0 fully saturated rings. The summed E-state index contributed by atoms with van der Waals surface area (Å²) in [5.74, 6) is 0.418. The van der Waals surface area contributed by atoms with Gasteiger partial charge in [0, 0.05) is 16.1 Å². The van der Waals surface area contributed by atoms with Crippen LogP contribution in [-0.4, -0.2) is 21.3 Å². The molecule has 0 aromatic heterocycles. The average molecular weight is 310 g/mol. The summed E-state index contributed by atoms with van der Waals surface area (Å²) in [5, 5.41) is 3.67. The van der Waals surface area contributed by atoms with Gasteiger partial charge in [0.25, 0.3) is 0 Å². The summed E-state index contributed by atoms with van der Waals surface area (Å²) in [6, 6.07) is 9.97. The highest BCUT2D eigenvalue weighted by molar-refractivity contribution is 6.30. The number of rotatable bonds is 5. The fourth-order valence-corrected chi connectivity index (χ4v) is 2.47. The van der Waals surface area contributed by atoms with Gasteiger partial charge in [-0.2, -0.15) is 0 Å². The van der Waals surface area contributed by atoms with Crippen molar-refractivity contribution in [2.75, 3.05) is 21.3 Å². The first-order chi connectivity index (χ1) is 10.1. The Balaban J connectivity index is 2.55. The Morgan fingerprint density at radius 2 is 1.76 bits per heavy atom. The van der Waals surface area contributed by atoms with Crippen molar-refractivity contribution in [3.05, 3.63) is 58.4 Å². The van der Waals surface area contributed by atoms with E-state index in [1.165, 1.54) is 7.11 Å². The minimum Gasteiger partial charge on any atom is -0.496 e. The van der Waals surface area contributed by atoms with Crippen LogP contribution >= 0.6 is 11.6 Å². The summed E-state index contributed by atoms with van der Waals surface area (Å²) in [6.07, 6.45) is 0. The van der Waals surface area contributed by atoms with Crippen LogP contribution in [0.3, 0.4) is 0 Å². The Morgan fingerprint density at radius 3 is 2.38 bits per heavy atom. The van der Waals surface area contributed by atoms with E-state index in [9.17, 15) is 4.39 Å². The topological polar surface area (TPSA) is 30.5 Å². The fraction of sp³-hybridized carbons (Fsp3) is 0.250. The number of hydrogen-bond acceptors (Lipinski definition) is 3. The molecule has 0 saturated heterocycles. The van der Waals surface area contributed by atoms with E-state index in [1.54, 1.807) is 44.5 Å². The maximum Gasteiger partial charge on any atom is 0.170 e. The van der Waals surface area contributed by atoms with Gasteiger partial charge in [0.1, 0.15) is 5.75 Å². The van der Waals surface area contributed by atoms with Gasteiger partial charge in [-0.3, -0.25) is 0 Å². The van der Waals surface area contributed by atoms with Gasteiger partial charge in [-0.15, -0.1) is 0 Å². The molecule has 0 saturated carbocycles. The smallest absolute Gasteiger partial charge is 0.170 e. The molecule has 0 aliphatic rings. The SMILES string of the molecule is CNC(c1ccc(Cl)cc1OC)c1cccc(OC)c1F. The highest BCUT2D eigenvalue weighted by atomic mass is 35.5. The van der Waals surface area contributed by atoms with E-state index in [0.717, 1.165) is 5.56 Å². The zero-order valence-corrected chi connectivity index (χ0v) is 12.9. The Morgan fingerprint density at radius 1 is 1.05 bits per heavy atom. The standard InChI is InChI=1S/C16H17ClFNO2/c1-19-16(11-8-7-10(17)9-14(11)21-3)12-5-4-6-13(20-2)15(12)18/h4-9,16,19H,1-3H3. The van der Waals surface area contributed by atoms with Crippen molar-refractivity contribution in [3.8, 4) is 11.5 Å². The van der Waals surface area contributed by atoms with E-state index >= 15 is 0 Å². The van der Waals surface area contributed by atoms with Gasteiger partial charge in [-0.25, -0.2) is 4.39 Å². The van der Waals surface area contributed by atoms with Crippen LogP contribution < -0.4 is 14.8 Å². The molecule has 112 valence electrons. The number of benzene rings is 2. The molecule has 1 unspecified atom stereocenters. The number of nitrogens with one attached hydrogen (secondary N) is 1. The first kappa shape index (κ1) is 15.6. The van der Waals surface area contributed by atoms with Gasteiger partial charge in [0.05, 0.1) is 20.3 Å². The van der Waals surface area contributed by atoms with Crippen LogP contribution in [-0.2, 0) is 0 Å². The van der Waals surface area contributed by atoms with Gasteiger partial charge in [0.2, 0.25) is 0 Å². The first-order valence-electron chi connectivity index (χ1n) is 6.45. The van der Waals surface area contributed by atoms with Crippen LogP contribution in [0.15, 0.2) is 36.4 Å². The molecule has 0 bridgehead atoms. The van der Waals surface area contributed by atoms with E-state index in [0.29, 0.717) is 16.3 Å². The van der Waals surface area contributed by atoms with Crippen LogP contribution in [0.5, 0.6) is 11.5 Å². The lowest BCUT2D eigenvalue weighted by molar-refractivity contribution is 0.380. The highest BCUT2D eigenvalue weighted by Crippen LogP contribution is 2.35. The van der Waals surface area contributed by atoms with Crippen LogP contribution in [0.25, 0.3) is 0 Å². The number of halogens is 2. The van der Waals surface area contributed by atoms with E-state index in [2.05, 4.69) is 5.32 Å². The number of hydrogen-bond donors (Lipinski definition) is 1. The molecule has 1 atom stereocenters. The molecule has 0 radical (unpaired) electrons. The van der Waals surface area contributed by atoms with Crippen molar-refractivity contribution in [3.63, 3.8) is 0 Å². The van der Waals surface area contributed by atoms with Gasteiger partial charge in [-0.05, 0) is 25.2 Å². The Kier molecular flexibility index (Phi) is 5.04. The second-order valence-corrected chi connectivity index (χ2v) is 4.91. The Labute approximate surface area is 128 Å². The molecule has 0 spiro atoms. The third kappa shape index (κ3) is 3.12. The van der Waals surface area contributed by atoms with Crippen molar-refractivity contribution in [2.24, 2.45) is 0 Å². The monoisotopic (exact) mass is 309 g/mol. The molecule has 1 N–H and O–H groups in total. The maximum atomic E-state index is 14.5. The third-order valence-electron chi connectivity index (χ3n) is 3.32. The molecular formula is C16H17ClFNO2. The van der Waals surface area contributed by atoms with Crippen LogP contribution in [0.2, 0.25) is 5.02 Å². The summed E-state index contributed by atoms with van der Waals surface area (Å²) >= 11 is 5.97.